The molecule has 2 nitrogen and oxygen atoms in total. The van der Waals surface area contributed by atoms with E-state index in [0.717, 1.165) is 11.6 Å². The Morgan fingerprint density at radius 2 is 1.80 bits per heavy atom. The molecule has 1 rings (SSSR count). The summed E-state index contributed by atoms with van der Waals surface area (Å²) >= 11 is 6.16. The van der Waals surface area contributed by atoms with E-state index in [9.17, 15) is 0 Å². The second-order valence-corrected chi connectivity index (χ2v) is 7.40. The predicted octanol–water partition coefficient (Wildman–Crippen LogP) is 4.71. The van der Waals surface area contributed by atoms with Crippen LogP contribution in [0.15, 0.2) is 18.2 Å². The summed E-state index contributed by atoms with van der Waals surface area (Å²) in [5, 5.41) is 4.27. The Morgan fingerprint density at radius 1 is 1.20 bits per heavy atom. The van der Waals surface area contributed by atoms with Gasteiger partial charge in [0.2, 0.25) is 0 Å². The van der Waals surface area contributed by atoms with Crippen LogP contribution in [0.2, 0.25) is 5.02 Å². The van der Waals surface area contributed by atoms with Crippen molar-refractivity contribution in [2.75, 3.05) is 11.9 Å². The molecular weight excluding hydrogens is 268 g/mol. The SMILES string of the molecule is CC(C)NCc1cc(Cl)ccc1N(C)C(C)C(C)(C)C. The molecule has 114 valence electrons. The molecule has 0 bridgehead atoms. The molecule has 0 radical (unpaired) electrons. The number of rotatable bonds is 5. The Hall–Kier alpha value is -0.730. The lowest BCUT2D eigenvalue weighted by atomic mass is 9.86. The highest BCUT2D eigenvalue weighted by molar-refractivity contribution is 6.30. The molecule has 0 amide bonds. The summed E-state index contributed by atoms with van der Waals surface area (Å²) in [6.07, 6.45) is 0. The largest absolute Gasteiger partial charge is 0.371 e. The van der Waals surface area contributed by atoms with Crippen molar-refractivity contribution in [1.82, 2.24) is 5.32 Å². The van der Waals surface area contributed by atoms with Crippen molar-refractivity contribution in [3.05, 3.63) is 28.8 Å². The van der Waals surface area contributed by atoms with Crippen LogP contribution < -0.4 is 10.2 Å². The van der Waals surface area contributed by atoms with Crippen molar-refractivity contribution in [2.45, 2.75) is 60.2 Å². The van der Waals surface area contributed by atoms with Gasteiger partial charge in [0.25, 0.3) is 0 Å². The average molecular weight is 297 g/mol. The highest BCUT2D eigenvalue weighted by Gasteiger charge is 2.25. The van der Waals surface area contributed by atoms with Crippen molar-refractivity contribution >= 4 is 17.3 Å². The fourth-order valence-corrected chi connectivity index (χ4v) is 2.34. The summed E-state index contributed by atoms with van der Waals surface area (Å²) in [4.78, 5) is 2.35. The number of benzene rings is 1. The van der Waals surface area contributed by atoms with E-state index in [-0.39, 0.29) is 5.41 Å². The van der Waals surface area contributed by atoms with E-state index in [0.29, 0.717) is 12.1 Å². The highest BCUT2D eigenvalue weighted by atomic mass is 35.5. The Morgan fingerprint density at radius 3 is 2.30 bits per heavy atom. The Labute approximate surface area is 129 Å². The van der Waals surface area contributed by atoms with Crippen LogP contribution in [-0.4, -0.2) is 19.1 Å². The maximum atomic E-state index is 6.16. The highest BCUT2D eigenvalue weighted by Crippen LogP contribution is 2.31. The monoisotopic (exact) mass is 296 g/mol. The number of hydrogen-bond donors (Lipinski definition) is 1. The van der Waals surface area contributed by atoms with Gasteiger partial charge in [0, 0.05) is 36.4 Å². The second-order valence-electron chi connectivity index (χ2n) is 6.96. The predicted molar refractivity (Wildman–Crippen MR) is 90.7 cm³/mol. The molecule has 1 N–H and O–H groups in total. The molecule has 0 aliphatic carbocycles. The van der Waals surface area contributed by atoms with E-state index in [2.05, 4.69) is 70.9 Å². The lowest BCUT2D eigenvalue weighted by Crippen LogP contribution is -2.40. The lowest BCUT2D eigenvalue weighted by Gasteiger charge is -2.38. The van der Waals surface area contributed by atoms with Gasteiger partial charge in [-0.05, 0) is 36.1 Å². The first-order valence-electron chi connectivity index (χ1n) is 7.37. The maximum Gasteiger partial charge on any atom is 0.0412 e. The van der Waals surface area contributed by atoms with Crippen molar-refractivity contribution in [3.63, 3.8) is 0 Å². The second kappa shape index (κ2) is 6.82. The fraction of sp³-hybridized carbons (Fsp3) is 0.647. The first kappa shape index (κ1) is 17.3. The van der Waals surface area contributed by atoms with Crippen molar-refractivity contribution in [1.29, 1.82) is 0 Å². The number of hydrogen-bond acceptors (Lipinski definition) is 2. The molecule has 1 atom stereocenters. The molecule has 0 saturated carbocycles. The van der Waals surface area contributed by atoms with Crippen LogP contribution >= 0.6 is 11.6 Å². The van der Waals surface area contributed by atoms with Gasteiger partial charge in [-0.25, -0.2) is 0 Å². The summed E-state index contributed by atoms with van der Waals surface area (Å²) in [6.45, 7) is 14.3. The minimum absolute atomic E-state index is 0.233. The van der Waals surface area contributed by atoms with Gasteiger partial charge in [0.15, 0.2) is 0 Å². The summed E-state index contributed by atoms with van der Waals surface area (Å²) in [5.41, 5.74) is 2.74. The molecule has 20 heavy (non-hydrogen) atoms. The minimum Gasteiger partial charge on any atom is -0.371 e. The third-order valence-electron chi connectivity index (χ3n) is 3.96. The summed E-state index contributed by atoms with van der Waals surface area (Å²) in [5.74, 6) is 0. The van der Waals surface area contributed by atoms with Crippen molar-refractivity contribution in [2.24, 2.45) is 5.41 Å². The molecule has 0 heterocycles. The zero-order valence-corrected chi connectivity index (χ0v) is 14.7. The third kappa shape index (κ3) is 4.68. The van der Waals surface area contributed by atoms with Gasteiger partial charge in [-0.3, -0.25) is 0 Å². The van der Waals surface area contributed by atoms with Crippen LogP contribution in [0.5, 0.6) is 0 Å². The fourth-order valence-electron chi connectivity index (χ4n) is 2.14. The number of halogens is 1. The first-order chi connectivity index (χ1) is 9.12. The Kier molecular flexibility index (Phi) is 5.91. The summed E-state index contributed by atoms with van der Waals surface area (Å²) in [6, 6.07) is 7.08. The molecule has 0 aliphatic heterocycles. The van der Waals surface area contributed by atoms with Gasteiger partial charge in [-0.1, -0.05) is 46.2 Å². The van der Waals surface area contributed by atoms with Gasteiger partial charge in [0.1, 0.15) is 0 Å². The normalized spacial score (nSPS) is 13.7. The van der Waals surface area contributed by atoms with Crippen LogP contribution in [-0.2, 0) is 6.54 Å². The van der Waals surface area contributed by atoms with E-state index >= 15 is 0 Å². The average Bonchev–Trinajstić information content (AvgIpc) is 2.33. The number of nitrogens with one attached hydrogen (secondary N) is 1. The molecular formula is C17H29ClN2. The molecule has 0 spiro atoms. The van der Waals surface area contributed by atoms with Crippen LogP contribution in [0.1, 0.15) is 47.1 Å². The van der Waals surface area contributed by atoms with E-state index < -0.39 is 0 Å². The third-order valence-corrected chi connectivity index (χ3v) is 4.19. The van der Waals surface area contributed by atoms with Gasteiger partial charge in [0.05, 0.1) is 0 Å². The Bertz CT molecular complexity index is 435. The van der Waals surface area contributed by atoms with Crippen molar-refractivity contribution < 1.29 is 0 Å². The van der Waals surface area contributed by atoms with Crippen LogP contribution in [0.25, 0.3) is 0 Å². The molecule has 0 fully saturated rings. The zero-order chi connectivity index (χ0) is 15.5. The standard InChI is InChI=1S/C17H29ClN2/c1-12(2)19-11-14-10-15(18)8-9-16(14)20(7)13(3)17(4,5)6/h8-10,12-13,19H,11H2,1-7H3. The molecule has 1 aromatic carbocycles. The van der Waals surface area contributed by atoms with Gasteiger partial charge in [-0.15, -0.1) is 0 Å². The summed E-state index contributed by atoms with van der Waals surface area (Å²) in [7, 11) is 2.16. The van der Waals surface area contributed by atoms with Gasteiger partial charge >= 0.3 is 0 Å². The molecule has 0 saturated heterocycles. The smallest absolute Gasteiger partial charge is 0.0412 e. The van der Waals surface area contributed by atoms with Crippen LogP contribution in [0.3, 0.4) is 0 Å². The Balaban J connectivity index is 3.04. The van der Waals surface area contributed by atoms with E-state index in [1.807, 2.05) is 6.07 Å². The van der Waals surface area contributed by atoms with E-state index in [1.54, 1.807) is 0 Å². The first-order valence-corrected chi connectivity index (χ1v) is 7.75. The van der Waals surface area contributed by atoms with Gasteiger partial charge in [-0.2, -0.15) is 0 Å². The van der Waals surface area contributed by atoms with Crippen molar-refractivity contribution in [3.8, 4) is 0 Å². The molecule has 0 aromatic heterocycles. The topological polar surface area (TPSA) is 15.3 Å². The zero-order valence-electron chi connectivity index (χ0n) is 13.9. The number of anilines is 1. The van der Waals surface area contributed by atoms with E-state index in [1.165, 1.54) is 11.3 Å². The lowest BCUT2D eigenvalue weighted by molar-refractivity contribution is 0.329. The van der Waals surface area contributed by atoms with E-state index in [4.69, 9.17) is 11.6 Å². The summed E-state index contributed by atoms with van der Waals surface area (Å²) < 4.78 is 0. The quantitative estimate of drug-likeness (QED) is 0.846. The van der Waals surface area contributed by atoms with Gasteiger partial charge < -0.3 is 10.2 Å². The minimum atomic E-state index is 0.233. The number of nitrogens with zero attached hydrogens (tertiary/aromatic N) is 1. The maximum absolute atomic E-state index is 6.16. The molecule has 0 aliphatic rings. The van der Waals surface area contributed by atoms with Crippen LogP contribution in [0, 0.1) is 5.41 Å². The van der Waals surface area contributed by atoms with Crippen LogP contribution in [0.4, 0.5) is 5.69 Å². The molecule has 1 aromatic rings. The molecule has 1 unspecified atom stereocenters. The molecule has 3 heteroatoms.